The molecule has 0 aliphatic carbocycles. The average molecular weight is 285 g/mol. The number of fused-ring (bicyclic) bond motifs is 1. The van der Waals surface area contributed by atoms with Crippen molar-refractivity contribution < 1.29 is 13.5 Å². The van der Waals surface area contributed by atoms with E-state index in [1.54, 1.807) is 13.1 Å². The summed E-state index contributed by atoms with van der Waals surface area (Å²) in [7, 11) is 0. The fourth-order valence-corrected chi connectivity index (χ4v) is 2.20. The SMILES string of the molecule is CC(Oc1cccc2cccnc12)c1ccc(F)c(F)c1. The molecular weight excluding hydrogens is 272 g/mol. The van der Waals surface area contributed by atoms with Gasteiger partial charge in [0.2, 0.25) is 0 Å². The van der Waals surface area contributed by atoms with Crippen molar-refractivity contribution in [3.8, 4) is 5.75 Å². The van der Waals surface area contributed by atoms with Crippen molar-refractivity contribution in [2.75, 3.05) is 0 Å². The van der Waals surface area contributed by atoms with E-state index in [1.165, 1.54) is 6.07 Å². The molecular formula is C17H13F2NO. The van der Waals surface area contributed by atoms with Crippen molar-refractivity contribution in [2.24, 2.45) is 0 Å². The lowest BCUT2D eigenvalue weighted by Crippen LogP contribution is -2.04. The highest BCUT2D eigenvalue weighted by Gasteiger charge is 2.12. The van der Waals surface area contributed by atoms with Crippen molar-refractivity contribution in [1.29, 1.82) is 0 Å². The summed E-state index contributed by atoms with van der Waals surface area (Å²) in [6, 6.07) is 13.2. The largest absolute Gasteiger partial charge is 0.484 e. The van der Waals surface area contributed by atoms with E-state index in [-0.39, 0.29) is 0 Å². The molecule has 0 N–H and O–H groups in total. The second-order valence-electron chi connectivity index (χ2n) is 4.76. The van der Waals surface area contributed by atoms with Gasteiger partial charge in [-0.1, -0.05) is 24.3 Å². The van der Waals surface area contributed by atoms with Crippen molar-refractivity contribution in [2.45, 2.75) is 13.0 Å². The van der Waals surface area contributed by atoms with Gasteiger partial charge in [-0.25, -0.2) is 8.78 Å². The zero-order chi connectivity index (χ0) is 14.8. The standard InChI is InChI=1S/C17H13F2NO/c1-11(13-7-8-14(18)15(19)10-13)21-16-6-2-4-12-5-3-9-20-17(12)16/h2-11H,1H3. The first-order valence-corrected chi connectivity index (χ1v) is 6.60. The maximum atomic E-state index is 13.3. The van der Waals surface area contributed by atoms with E-state index in [0.29, 0.717) is 11.3 Å². The Kier molecular flexibility index (Phi) is 3.52. The lowest BCUT2D eigenvalue weighted by molar-refractivity contribution is 0.228. The first-order valence-electron chi connectivity index (χ1n) is 6.60. The summed E-state index contributed by atoms with van der Waals surface area (Å²) in [4.78, 5) is 4.30. The van der Waals surface area contributed by atoms with Crippen molar-refractivity contribution in [1.82, 2.24) is 4.98 Å². The van der Waals surface area contributed by atoms with Crippen molar-refractivity contribution in [3.05, 3.63) is 71.9 Å². The Morgan fingerprint density at radius 1 is 1.00 bits per heavy atom. The quantitative estimate of drug-likeness (QED) is 0.698. The minimum Gasteiger partial charge on any atom is -0.484 e. The monoisotopic (exact) mass is 285 g/mol. The van der Waals surface area contributed by atoms with E-state index in [2.05, 4.69) is 4.98 Å². The maximum Gasteiger partial charge on any atom is 0.159 e. The van der Waals surface area contributed by atoms with Crippen LogP contribution in [-0.2, 0) is 0 Å². The molecule has 106 valence electrons. The summed E-state index contributed by atoms with van der Waals surface area (Å²) in [5, 5.41) is 0.965. The molecule has 21 heavy (non-hydrogen) atoms. The topological polar surface area (TPSA) is 22.1 Å². The molecule has 1 aromatic heterocycles. The Balaban J connectivity index is 1.92. The van der Waals surface area contributed by atoms with Crippen LogP contribution in [0.25, 0.3) is 10.9 Å². The van der Waals surface area contributed by atoms with Crippen LogP contribution in [0.2, 0.25) is 0 Å². The molecule has 0 aliphatic rings. The molecule has 0 aliphatic heterocycles. The van der Waals surface area contributed by atoms with Crippen LogP contribution in [0.5, 0.6) is 5.75 Å². The molecule has 2 aromatic carbocycles. The predicted molar refractivity (Wildman–Crippen MR) is 77.1 cm³/mol. The van der Waals surface area contributed by atoms with E-state index in [4.69, 9.17) is 4.74 Å². The molecule has 4 heteroatoms. The first-order chi connectivity index (χ1) is 10.1. The van der Waals surface area contributed by atoms with Gasteiger partial charge in [-0.05, 0) is 36.8 Å². The summed E-state index contributed by atoms with van der Waals surface area (Å²) in [5.74, 6) is -1.12. The number of ether oxygens (including phenoxy) is 1. The third-order valence-electron chi connectivity index (χ3n) is 3.31. The number of hydrogen-bond donors (Lipinski definition) is 0. The lowest BCUT2D eigenvalue weighted by Gasteiger charge is -2.16. The molecule has 2 nitrogen and oxygen atoms in total. The number of para-hydroxylation sites is 1. The third kappa shape index (κ3) is 2.70. The zero-order valence-electron chi connectivity index (χ0n) is 11.4. The highest BCUT2D eigenvalue weighted by molar-refractivity contribution is 5.84. The summed E-state index contributed by atoms with van der Waals surface area (Å²) >= 11 is 0. The number of aromatic nitrogens is 1. The summed E-state index contributed by atoms with van der Waals surface area (Å²) in [5.41, 5.74) is 1.32. The van der Waals surface area contributed by atoms with E-state index >= 15 is 0 Å². The van der Waals surface area contributed by atoms with Gasteiger partial charge < -0.3 is 4.74 Å². The first kappa shape index (κ1) is 13.5. The van der Waals surface area contributed by atoms with Crippen LogP contribution in [0.15, 0.2) is 54.7 Å². The zero-order valence-corrected chi connectivity index (χ0v) is 11.4. The smallest absolute Gasteiger partial charge is 0.159 e. The van der Waals surface area contributed by atoms with E-state index < -0.39 is 17.7 Å². The molecule has 1 atom stereocenters. The number of pyridine rings is 1. The normalized spacial score (nSPS) is 12.3. The van der Waals surface area contributed by atoms with Crippen LogP contribution in [0.3, 0.4) is 0 Å². The highest BCUT2D eigenvalue weighted by atomic mass is 19.2. The number of nitrogens with zero attached hydrogens (tertiary/aromatic N) is 1. The van der Waals surface area contributed by atoms with Gasteiger partial charge in [0.15, 0.2) is 11.6 Å². The number of benzene rings is 2. The van der Waals surface area contributed by atoms with Crippen molar-refractivity contribution in [3.63, 3.8) is 0 Å². The fraction of sp³-hybridized carbons (Fsp3) is 0.118. The Morgan fingerprint density at radius 2 is 1.81 bits per heavy atom. The highest BCUT2D eigenvalue weighted by Crippen LogP contribution is 2.28. The van der Waals surface area contributed by atoms with Crippen molar-refractivity contribution >= 4 is 10.9 Å². The summed E-state index contributed by atoms with van der Waals surface area (Å²) in [6.45, 7) is 1.79. The van der Waals surface area contributed by atoms with Gasteiger partial charge in [-0.15, -0.1) is 0 Å². The summed E-state index contributed by atoms with van der Waals surface area (Å²) < 4.78 is 32.1. The van der Waals surface area contributed by atoms with E-state index in [9.17, 15) is 8.78 Å². The minimum atomic E-state index is -0.876. The van der Waals surface area contributed by atoms with Crippen LogP contribution < -0.4 is 4.74 Å². The molecule has 0 radical (unpaired) electrons. The molecule has 0 spiro atoms. The van der Waals surface area contributed by atoms with Gasteiger partial charge in [0.1, 0.15) is 17.4 Å². The number of hydrogen-bond acceptors (Lipinski definition) is 2. The van der Waals surface area contributed by atoms with E-state index in [1.807, 2.05) is 30.3 Å². The predicted octanol–water partition coefficient (Wildman–Crippen LogP) is 4.65. The van der Waals surface area contributed by atoms with Crippen LogP contribution in [0.1, 0.15) is 18.6 Å². The van der Waals surface area contributed by atoms with Gasteiger partial charge in [-0.3, -0.25) is 4.98 Å². The van der Waals surface area contributed by atoms with Crippen LogP contribution in [0.4, 0.5) is 8.78 Å². The Hall–Kier alpha value is -2.49. The van der Waals surface area contributed by atoms with Gasteiger partial charge >= 0.3 is 0 Å². The maximum absolute atomic E-state index is 13.3. The molecule has 1 heterocycles. The molecule has 0 saturated carbocycles. The Bertz CT molecular complexity index is 783. The number of halogens is 2. The second-order valence-corrected chi connectivity index (χ2v) is 4.76. The lowest BCUT2D eigenvalue weighted by atomic mass is 10.1. The molecule has 0 saturated heterocycles. The molecule has 0 fully saturated rings. The molecule has 3 aromatic rings. The second kappa shape index (κ2) is 5.48. The van der Waals surface area contributed by atoms with Gasteiger partial charge in [-0.2, -0.15) is 0 Å². The molecule has 0 amide bonds. The molecule has 3 rings (SSSR count). The number of rotatable bonds is 3. The van der Waals surface area contributed by atoms with Gasteiger partial charge in [0.05, 0.1) is 0 Å². The van der Waals surface area contributed by atoms with Crippen LogP contribution in [0, 0.1) is 11.6 Å². The Labute approximate surface area is 121 Å². The van der Waals surface area contributed by atoms with Gasteiger partial charge in [0, 0.05) is 11.6 Å². The van der Waals surface area contributed by atoms with Crippen LogP contribution in [-0.4, -0.2) is 4.98 Å². The average Bonchev–Trinajstić information content (AvgIpc) is 2.50. The van der Waals surface area contributed by atoms with Crippen LogP contribution >= 0.6 is 0 Å². The molecule has 1 unspecified atom stereocenters. The molecule has 0 bridgehead atoms. The minimum absolute atomic E-state index is 0.410. The fourth-order valence-electron chi connectivity index (χ4n) is 2.20. The summed E-state index contributed by atoms with van der Waals surface area (Å²) in [6.07, 6.45) is 1.28. The van der Waals surface area contributed by atoms with Gasteiger partial charge in [0.25, 0.3) is 0 Å². The third-order valence-corrected chi connectivity index (χ3v) is 3.31. The Morgan fingerprint density at radius 3 is 2.62 bits per heavy atom. The van der Waals surface area contributed by atoms with E-state index in [0.717, 1.165) is 23.0 Å².